The Morgan fingerprint density at radius 3 is 3.00 bits per heavy atom. The van der Waals surface area contributed by atoms with Crippen molar-refractivity contribution in [3.05, 3.63) is 41.7 Å². The number of aliphatic hydroxyl groups is 1. The number of aldehydes is 1. The highest BCUT2D eigenvalue weighted by Crippen LogP contribution is 2.33. The van der Waals surface area contributed by atoms with Crippen LogP contribution in [0, 0.1) is 0 Å². The van der Waals surface area contributed by atoms with Crippen molar-refractivity contribution >= 4 is 28.9 Å². The number of carbonyl (C=O) groups is 2. The molecule has 7 heteroatoms. The molecule has 1 aromatic heterocycles. The molecule has 1 aliphatic rings. The number of hydrogen-bond acceptors (Lipinski definition) is 5. The Balaban J connectivity index is 2.06. The lowest BCUT2D eigenvalue weighted by Crippen LogP contribution is -2.39. The Morgan fingerprint density at radius 2 is 2.25 bits per heavy atom. The first kappa shape index (κ1) is 16.1. The third kappa shape index (κ3) is 2.74. The van der Waals surface area contributed by atoms with Crippen LogP contribution in [-0.2, 0) is 14.3 Å². The minimum absolute atomic E-state index is 0.0715. The van der Waals surface area contributed by atoms with Crippen molar-refractivity contribution in [1.82, 2.24) is 14.8 Å². The number of ether oxygens (including phenoxy) is 1. The summed E-state index contributed by atoms with van der Waals surface area (Å²) in [6.45, 7) is 0.0673. The lowest BCUT2D eigenvalue weighted by atomic mass is 10.1. The molecule has 1 aliphatic heterocycles. The molecule has 0 fully saturated rings. The van der Waals surface area contributed by atoms with Gasteiger partial charge in [0.1, 0.15) is 12.0 Å². The number of likely N-dealkylation sites (N-methyl/N-ethyl adjacent to an activating group) is 1. The molecule has 0 radical (unpaired) electrons. The Hall–Kier alpha value is -2.80. The van der Waals surface area contributed by atoms with E-state index < -0.39 is 0 Å². The van der Waals surface area contributed by atoms with Crippen LogP contribution in [0.2, 0.25) is 0 Å². The van der Waals surface area contributed by atoms with Crippen molar-refractivity contribution in [2.45, 2.75) is 0 Å². The van der Waals surface area contributed by atoms with E-state index in [9.17, 15) is 9.59 Å². The number of hydrogen-bond donors (Lipinski definition) is 2. The first-order valence-electron chi connectivity index (χ1n) is 7.65. The molecule has 7 nitrogen and oxygen atoms in total. The van der Waals surface area contributed by atoms with Gasteiger partial charge in [0.15, 0.2) is 12.5 Å². The minimum atomic E-state index is -0.337. The van der Waals surface area contributed by atoms with Gasteiger partial charge in [-0.3, -0.25) is 4.79 Å². The standard InChI is InChI=1S/C17H19N3O4/c1-19-11-24-16(13-10-18-14-5-3-2-4-12(13)14)15(19)17(23)20(6-8-21)7-9-22/h2-5,8,10,18,22H,6-7,9,11H2,1H3. The number of aliphatic hydroxyl groups excluding tert-OH is 1. The average molecular weight is 329 g/mol. The number of H-pyrrole nitrogens is 1. The van der Waals surface area contributed by atoms with Crippen LogP contribution >= 0.6 is 0 Å². The van der Waals surface area contributed by atoms with Gasteiger partial charge in [0.05, 0.1) is 13.2 Å². The van der Waals surface area contributed by atoms with E-state index in [0.717, 1.165) is 16.5 Å². The van der Waals surface area contributed by atoms with Crippen molar-refractivity contribution in [3.63, 3.8) is 0 Å². The molecule has 1 amide bonds. The second-order valence-electron chi connectivity index (χ2n) is 5.54. The Bertz CT molecular complexity index is 796. The van der Waals surface area contributed by atoms with Crippen LogP contribution in [0.1, 0.15) is 5.56 Å². The molecule has 2 N–H and O–H groups in total. The topological polar surface area (TPSA) is 85.9 Å². The molecule has 126 valence electrons. The fraction of sp³-hybridized carbons (Fsp3) is 0.294. The minimum Gasteiger partial charge on any atom is -0.470 e. The fourth-order valence-electron chi connectivity index (χ4n) is 2.83. The van der Waals surface area contributed by atoms with Gasteiger partial charge in [0.25, 0.3) is 5.91 Å². The number of benzene rings is 1. The Kier molecular flexibility index (Phi) is 4.52. The van der Waals surface area contributed by atoms with Crippen LogP contribution in [0.5, 0.6) is 0 Å². The number of aromatic amines is 1. The number of nitrogens with one attached hydrogen (secondary N) is 1. The summed E-state index contributed by atoms with van der Waals surface area (Å²) in [5.74, 6) is 0.144. The summed E-state index contributed by atoms with van der Waals surface area (Å²) in [6, 6.07) is 7.75. The number of nitrogens with zero attached hydrogens (tertiary/aromatic N) is 2. The number of aromatic nitrogens is 1. The van der Waals surface area contributed by atoms with Gasteiger partial charge in [-0.15, -0.1) is 0 Å². The molecular weight excluding hydrogens is 310 g/mol. The quantitative estimate of drug-likeness (QED) is 0.765. The average Bonchev–Trinajstić information content (AvgIpc) is 3.17. The van der Waals surface area contributed by atoms with E-state index in [1.54, 1.807) is 11.9 Å². The van der Waals surface area contributed by atoms with E-state index in [-0.39, 0.29) is 32.3 Å². The van der Waals surface area contributed by atoms with Gasteiger partial charge in [0.2, 0.25) is 0 Å². The summed E-state index contributed by atoms with van der Waals surface area (Å²) in [4.78, 5) is 29.9. The van der Waals surface area contributed by atoms with Crippen LogP contribution in [0.3, 0.4) is 0 Å². The summed E-state index contributed by atoms with van der Waals surface area (Å²) < 4.78 is 5.75. The van der Waals surface area contributed by atoms with Crippen LogP contribution in [-0.4, -0.2) is 65.6 Å². The molecule has 2 heterocycles. The van der Waals surface area contributed by atoms with Crippen molar-refractivity contribution in [3.8, 4) is 0 Å². The van der Waals surface area contributed by atoms with E-state index in [0.29, 0.717) is 17.7 Å². The van der Waals surface area contributed by atoms with Crippen molar-refractivity contribution in [1.29, 1.82) is 0 Å². The first-order valence-corrected chi connectivity index (χ1v) is 7.65. The van der Waals surface area contributed by atoms with E-state index in [2.05, 4.69) is 4.98 Å². The molecule has 3 rings (SSSR count). The summed E-state index contributed by atoms with van der Waals surface area (Å²) in [7, 11) is 1.76. The molecule has 0 spiro atoms. The van der Waals surface area contributed by atoms with Crippen molar-refractivity contribution in [2.75, 3.05) is 33.5 Å². The van der Waals surface area contributed by atoms with Crippen LogP contribution in [0.25, 0.3) is 16.7 Å². The van der Waals surface area contributed by atoms with Gasteiger partial charge >= 0.3 is 0 Å². The molecule has 0 bridgehead atoms. The lowest BCUT2D eigenvalue weighted by molar-refractivity contribution is -0.131. The van der Waals surface area contributed by atoms with E-state index in [1.807, 2.05) is 30.5 Å². The maximum Gasteiger partial charge on any atom is 0.274 e. The van der Waals surface area contributed by atoms with E-state index >= 15 is 0 Å². The fourth-order valence-corrected chi connectivity index (χ4v) is 2.83. The maximum absolute atomic E-state index is 12.8. The Morgan fingerprint density at radius 1 is 1.46 bits per heavy atom. The number of para-hydroxylation sites is 1. The molecule has 0 aliphatic carbocycles. The van der Waals surface area contributed by atoms with Crippen molar-refractivity contribution < 1.29 is 19.4 Å². The smallest absolute Gasteiger partial charge is 0.274 e. The van der Waals surface area contributed by atoms with Gasteiger partial charge in [-0.05, 0) is 6.07 Å². The molecule has 24 heavy (non-hydrogen) atoms. The van der Waals surface area contributed by atoms with Gasteiger partial charge in [-0.25, -0.2) is 0 Å². The normalized spacial score (nSPS) is 14.2. The molecule has 0 unspecified atom stereocenters. The first-order chi connectivity index (χ1) is 11.7. The maximum atomic E-state index is 12.8. The van der Waals surface area contributed by atoms with Crippen LogP contribution < -0.4 is 0 Å². The summed E-state index contributed by atoms with van der Waals surface area (Å²) >= 11 is 0. The summed E-state index contributed by atoms with van der Waals surface area (Å²) in [5, 5.41) is 10.1. The van der Waals surface area contributed by atoms with Gasteiger partial charge in [-0.2, -0.15) is 0 Å². The highest BCUT2D eigenvalue weighted by atomic mass is 16.5. The van der Waals surface area contributed by atoms with Gasteiger partial charge in [-0.1, -0.05) is 18.2 Å². The van der Waals surface area contributed by atoms with E-state index in [1.165, 1.54) is 4.90 Å². The highest BCUT2D eigenvalue weighted by Gasteiger charge is 2.32. The van der Waals surface area contributed by atoms with E-state index in [4.69, 9.17) is 9.84 Å². The zero-order valence-corrected chi connectivity index (χ0v) is 13.4. The number of amides is 1. The predicted octanol–water partition coefficient (Wildman–Crippen LogP) is 0.776. The molecule has 1 aromatic carbocycles. The predicted molar refractivity (Wildman–Crippen MR) is 88.7 cm³/mol. The highest BCUT2D eigenvalue weighted by molar-refractivity contribution is 6.04. The molecular formula is C17H19N3O4. The Labute approximate surface area is 139 Å². The number of rotatable bonds is 6. The number of carbonyl (C=O) groups excluding carboxylic acids is 2. The zero-order valence-electron chi connectivity index (χ0n) is 13.4. The SMILES string of the molecule is CN1COC(c2c[nH]c3ccccc23)=C1C(=O)N(CC=O)CCO. The summed E-state index contributed by atoms with van der Waals surface area (Å²) in [6.07, 6.45) is 2.46. The zero-order chi connectivity index (χ0) is 17.1. The lowest BCUT2D eigenvalue weighted by Gasteiger charge is -2.22. The van der Waals surface area contributed by atoms with Gasteiger partial charge < -0.3 is 29.4 Å². The largest absolute Gasteiger partial charge is 0.470 e. The second-order valence-corrected chi connectivity index (χ2v) is 5.54. The molecule has 0 atom stereocenters. The third-order valence-corrected chi connectivity index (χ3v) is 3.99. The van der Waals surface area contributed by atoms with Crippen LogP contribution in [0.4, 0.5) is 0 Å². The van der Waals surface area contributed by atoms with Crippen molar-refractivity contribution in [2.24, 2.45) is 0 Å². The second kappa shape index (κ2) is 6.76. The monoisotopic (exact) mass is 329 g/mol. The molecule has 0 saturated heterocycles. The number of fused-ring (bicyclic) bond motifs is 1. The van der Waals surface area contributed by atoms with Crippen LogP contribution in [0.15, 0.2) is 36.2 Å². The molecule has 2 aromatic rings. The van der Waals surface area contributed by atoms with Gasteiger partial charge in [0, 0.05) is 36.3 Å². The summed E-state index contributed by atoms with van der Waals surface area (Å²) in [5.41, 5.74) is 2.13. The molecule has 0 saturated carbocycles. The third-order valence-electron chi connectivity index (χ3n) is 3.99.